The minimum absolute atomic E-state index is 0.161. The summed E-state index contributed by atoms with van der Waals surface area (Å²) in [5.41, 5.74) is 2.57. The molecular weight excluding hydrogens is 435 g/mol. The van der Waals surface area contributed by atoms with Crippen LogP contribution in [0.4, 0.5) is 15.8 Å². The number of amides is 2. The van der Waals surface area contributed by atoms with Gasteiger partial charge in [-0.1, -0.05) is 23.7 Å². The van der Waals surface area contributed by atoms with Gasteiger partial charge in [-0.3, -0.25) is 9.59 Å². The summed E-state index contributed by atoms with van der Waals surface area (Å²) in [7, 11) is 1.45. The Balaban J connectivity index is 1.47. The fourth-order valence-corrected chi connectivity index (χ4v) is 3.65. The van der Waals surface area contributed by atoms with Crippen LogP contribution in [0.2, 0.25) is 5.02 Å². The number of fused-ring (bicyclic) bond motifs is 1. The highest BCUT2D eigenvalue weighted by molar-refractivity contribution is 6.30. The lowest BCUT2D eigenvalue weighted by Crippen LogP contribution is -2.16. The zero-order valence-electron chi connectivity index (χ0n) is 17.2. The number of carbonyl (C=O) groups is 2. The summed E-state index contributed by atoms with van der Waals surface area (Å²) >= 11 is 5.75. The molecule has 0 saturated carbocycles. The van der Waals surface area contributed by atoms with Gasteiger partial charge in [0.2, 0.25) is 5.91 Å². The van der Waals surface area contributed by atoms with Crippen molar-refractivity contribution >= 4 is 34.8 Å². The van der Waals surface area contributed by atoms with Crippen LogP contribution in [0, 0.1) is 5.82 Å². The van der Waals surface area contributed by atoms with E-state index >= 15 is 0 Å². The fourth-order valence-electron chi connectivity index (χ4n) is 3.49. The van der Waals surface area contributed by atoms with Gasteiger partial charge in [-0.25, -0.2) is 4.39 Å². The molecule has 0 bridgehead atoms. The van der Waals surface area contributed by atoms with E-state index in [4.69, 9.17) is 21.1 Å². The van der Waals surface area contributed by atoms with Crippen molar-refractivity contribution in [1.82, 2.24) is 0 Å². The predicted octanol–water partition coefficient (Wildman–Crippen LogP) is 4.86. The van der Waals surface area contributed by atoms with Gasteiger partial charge in [-0.15, -0.1) is 0 Å². The first-order valence-electron chi connectivity index (χ1n) is 9.92. The summed E-state index contributed by atoms with van der Waals surface area (Å²) < 4.78 is 24.9. The summed E-state index contributed by atoms with van der Waals surface area (Å²) in [5, 5.41) is 5.62. The predicted molar refractivity (Wildman–Crippen MR) is 120 cm³/mol. The van der Waals surface area contributed by atoms with E-state index in [-0.39, 0.29) is 22.9 Å². The molecule has 0 fully saturated rings. The average molecular weight is 455 g/mol. The SMILES string of the molecule is COc1ccc(NC(=O)Cc2ccc3c(c2)CCO3)cc1NC(=O)c1ccc(Cl)cc1F. The largest absolute Gasteiger partial charge is 0.495 e. The van der Waals surface area contributed by atoms with Crippen molar-refractivity contribution in [2.24, 2.45) is 0 Å². The van der Waals surface area contributed by atoms with E-state index < -0.39 is 11.7 Å². The van der Waals surface area contributed by atoms with Gasteiger partial charge in [0.05, 0.1) is 31.4 Å². The molecule has 0 spiro atoms. The zero-order valence-corrected chi connectivity index (χ0v) is 18.0. The Hall–Kier alpha value is -3.58. The molecule has 6 nitrogen and oxygen atoms in total. The second kappa shape index (κ2) is 9.28. The molecule has 1 aliphatic rings. The van der Waals surface area contributed by atoms with Crippen LogP contribution in [0.3, 0.4) is 0 Å². The summed E-state index contributed by atoms with van der Waals surface area (Å²) in [6, 6.07) is 14.3. The molecule has 164 valence electrons. The average Bonchev–Trinajstić information content (AvgIpc) is 3.21. The molecule has 3 aromatic carbocycles. The Labute approximate surface area is 189 Å². The Kier molecular flexibility index (Phi) is 6.28. The molecule has 0 aromatic heterocycles. The van der Waals surface area contributed by atoms with Gasteiger partial charge in [-0.05, 0) is 53.6 Å². The number of hydrogen-bond donors (Lipinski definition) is 2. The molecule has 8 heteroatoms. The molecule has 2 amide bonds. The first-order chi connectivity index (χ1) is 15.4. The zero-order chi connectivity index (χ0) is 22.7. The van der Waals surface area contributed by atoms with E-state index in [1.165, 1.54) is 19.2 Å². The highest BCUT2D eigenvalue weighted by atomic mass is 35.5. The Morgan fingerprint density at radius 2 is 1.94 bits per heavy atom. The first kappa shape index (κ1) is 21.6. The van der Waals surface area contributed by atoms with E-state index in [9.17, 15) is 14.0 Å². The molecule has 0 radical (unpaired) electrons. The van der Waals surface area contributed by atoms with Gasteiger partial charge in [0.25, 0.3) is 5.91 Å². The molecule has 3 aromatic rings. The molecule has 32 heavy (non-hydrogen) atoms. The lowest BCUT2D eigenvalue weighted by molar-refractivity contribution is -0.115. The van der Waals surface area contributed by atoms with Gasteiger partial charge in [0.1, 0.15) is 17.3 Å². The van der Waals surface area contributed by atoms with Crippen molar-refractivity contribution in [3.05, 3.63) is 82.1 Å². The molecule has 2 N–H and O–H groups in total. The van der Waals surface area contributed by atoms with Gasteiger partial charge in [0, 0.05) is 17.1 Å². The molecule has 0 atom stereocenters. The lowest BCUT2D eigenvalue weighted by atomic mass is 10.1. The number of methoxy groups -OCH3 is 1. The number of ether oxygens (including phenoxy) is 2. The van der Waals surface area contributed by atoms with Crippen molar-refractivity contribution in [3.63, 3.8) is 0 Å². The number of hydrogen-bond acceptors (Lipinski definition) is 4. The lowest BCUT2D eigenvalue weighted by Gasteiger charge is -2.13. The summed E-state index contributed by atoms with van der Waals surface area (Å²) in [4.78, 5) is 25.1. The Bertz CT molecular complexity index is 1200. The van der Waals surface area contributed by atoms with Crippen LogP contribution >= 0.6 is 11.6 Å². The minimum atomic E-state index is -0.738. The fraction of sp³-hybridized carbons (Fsp3) is 0.167. The van der Waals surface area contributed by atoms with Crippen LogP contribution in [0.25, 0.3) is 0 Å². The van der Waals surface area contributed by atoms with Crippen LogP contribution in [-0.4, -0.2) is 25.5 Å². The third-order valence-electron chi connectivity index (χ3n) is 5.03. The van der Waals surface area contributed by atoms with Crippen LogP contribution in [-0.2, 0) is 17.6 Å². The molecule has 1 aliphatic heterocycles. The molecule has 0 aliphatic carbocycles. The van der Waals surface area contributed by atoms with Crippen LogP contribution in [0.15, 0.2) is 54.6 Å². The summed E-state index contributed by atoms with van der Waals surface area (Å²) in [5.74, 6) is -0.388. The number of rotatable bonds is 6. The van der Waals surface area contributed by atoms with Crippen molar-refractivity contribution in [3.8, 4) is 11.5 Å². The smallest absolute Gasteiger partial charge is 0.258 e. The van der Waals surface area contributed by atoms with Gasteiger partial charge in [-0.2, -0.15) is 0 Å². The molecule has 1 heterocycles. The first-order valence-corrected chi connectivity index (χ1v) is 10.3. The number of nitrogens with one attached hydrogen (secondary N) is 2. The maximum absolute atomic E-state index is 14.1. The van der Waals surface area contributed by atoms with E-state index in [0.717, 1.165) is 29.4 Å². The van der Waals surface area contributed by atoms with Gasteiger partial charge < -0.3 is 20.1 Å². The minimum Gasteiger partial charge on any atom is -0.495 e. The Morgan fingerprint density at radius 1 is 1.09 bits per heavy atom. The number of carbonyl (C=O) groups excluding carboxylic acids is 2. The van der Waals surface area contributed by atoms with E-state index in [2.05, 4.69) is 10.6 Å². The number of benzene rings is 3. The normalized spacial score (nSPS) is 12.0. The molecule has 0 saturated heterocycles. The number of halogens is 2. The highest BCUT2D eigenvalue weighted by Gasteiger charge is 2.16. The topological polar surface area (TPSA) is 76.7 Å². The van der Waals surface area contributed by atoms with Crippen molar-refractivity contribution in [2.75, 3.05) is 24.4 Å². The van der Waals surface area contributed by atoms with Gasteiger partial charge >= 0.3 is 0 Å². The molecular formula is C24H20ClFN2O4. The van der Waals surface area contributed by atoms with Crippen molar-refractivity contribution in [1.29, 1.82) is 0 Å². The second-order valence-corrected chi connectivity index (χ2v) is 7.70. The summed E-state index contributed by atoms with van der Waals surface area (Å²) in [6.45, 7) is 0.658. The third kappa shape index (κ3) is 4.84. The van der Waals surface area contributed by atoms with E-state index in [0.29, 0.717) is 23.7 Å². The third-order valence-corrected chi connectivity index (χ3v) is 5.26. The maximum atomic E-state index is 14.1. The van der Waals surface area contributed by atoms with Crippen LogP contribution in [0.1, 0.15) is 21.5 Å². The van der Waals surface area contributed by atoms with E-state index in [1.54, 1.807) is 18.2 Å². The molecule has 0 unspecified atom stereocenters. The van der Waals surface area contributed by atoms with E-state index in [1.807, 2.05) is 18.2 Å². The standard InChI is InChI=1S/C24H20ClFN2O4/c1-31-22-7-4-17(13-20(22)28-24(30)18-5-3-16(25)12-19(18)26)27-23(29)11-14-2-6-21-15(10-14)8-9-32-21/h2-7,10,12-13H,8-9,11H2,1H3,(H,27,29)(H,28,30). The summed E-state index contributed by atoms with van der Waals surface area (Å²) in [6.07, 6.45) is 1.03. The van der Waals surface area contributed by atoms with Gasteiger partial charge in [0.15, 0.2) is 0 Å². The second-order valence-electron chi connectivity index (χ2n) is 7.26. The quantitative estimate of drug-likeness (QED) is 0.558. The van der Waals surface area contributed by atoms with Crippen LogP contribution in [0.5, 0.6) is 11.5 Å². The van der Waals surface area contributed by atoms with Crippen LogP contribution < -0.4 is 20.1 Å². The number of anilines is 2. The highest BCUT2D eigenvalue weighted by Crippen LogP contribution is 2.29. The van der Waals surface area contributed by atoms with Crippen molar-refractivity contribution in [2.45, 2.75) is 12.8 Å². The monoisotopic (exact) mass is 454 g/mol. The van der Waals surface area contributed by atoms with Crippen molar-refractivity contribution < 1.29 is 23.5 Å². The molecule has 4 rings (SSSR count). The Morgan fingerprint density at radius 3 is 2.72 bits per heavy atom. The maximum Gasteiger partial charge on any atom is 0.258 e.